The van der Waals surface area contributed by atoms with E-state index < -0.39 is 5.97 Å². The van der Waals surface area contributed by atoms with Crippen LogP contribution >= 0.6 is 15.9 Å². The van der Waals surface area contributed by atoms with Gasteiger partial charge >= 0.3 is 5.97 Å². The van der Waals surface area contributed by atoms with Crippen LogP contribution in [0.5, 0.6) is 0 Å². The third-order valence-corrected chi connectivity index (χ3v) is 3.34. The van der Waals surface area contributed by atoms with E-state index in [0.29, 0.717) is 5.69 Å². The third-order valence-electron chi connectivity index (χ3n) is 2.85. The van der Waals surface area contributed by atoms with Crippen molar-refractivity contribution in [2.75, 3.05) is 11.9 Å². The minimum absolute atomic E-state index is 0.0875. The van der Waals surface area contributed by atoms with Gasteiger partial charge in [-0.05, 0) is 37.6 Å². The summed E-state index contributed by atoms with van der Waals surface area (Å²) in [5.74, 6) is -1.25. The molecule has 0 saturated carbocycles. The lowest BCUT2D eigenvalue weighted by molar-refractivity contribution is -0.117. The number of aromatic carboxylic acids is 1. The van der Waals surface area contributed by atoms with E-state index in [1.165, 1.54) is 6.07 Å². The topological polar surface area (TPSA) is 78.4 Å². The molecular weight excluding hydrogens is 300 g/mol. The van der Waals surface area contributed by atoms with E-state index in [2.05, 4.69) is 26.6 Å². The van der Waals surface area contributed by atoms with Crippen LogP contribution in [0.1, 0.15) is 23.2 Å². The first kappa shape index (κ1) is 13.0. The SMILES string of the molecule is O=C(O)c1ccc(Br)cc1NC(=O)[C@@H]1CCCN1. The van der Waals surface area contributed by atoms with Crippen molar-refractivity contribution in [2.45, 2.75) is 18.9 Å². The summed E-state index contributed by atoms with van der Waals surface area (Å²) in [7, 11) is 0. The van der Waals surface area contributed by atoms with Crippen LogP contribution in [0.2, 0.25) is 0 Å². The van der Waals surface area contributed by atoms with Crippen LogP contribution in [0.4, 0.5) is 5.69 Å². The maximum Gasteiger partial charge on any atom is 0.337 e. The van der Waals surface area contributed by atoms with Gasteiger partial charge < -0.3 is 15.7 Å². The Morgan fingerprint density at radius 2 is 2.22 bits per heavy atom. The number of benzene rings is 1. The molecule has 2 rings (SSSR count). The van der Waals surface area contributed by atoms with Crippen molar-refractivity contribution in [3.8, 4) is 0 Å². The number of carbonyl (C=O) groups is 2. The highest BCUT2D eigenvalue weighted by Gasteiger charge is 2.23. The zero-order chi connectivity index (χ0) is 13.1. The Bertz CT molecular complexity index is 484. The van der Waals surface area contributed by atoms with Gasteiger partial charge in [-0.3, -0.25) is 4.79 Å². The molecule has 0 aliphatic carbocycles. The maximum absolute atomic E-state index is 11.9. The van der Waals surface area contributed by atoms with Gasteiger partial charge in [-0.25, -0.2) is 4.79 Å². The largest absolute Gasteiger partial charge is 0.478 e. The molecule has 1 saturated heterocycles. The van der Waals surface area contributed by atoms with Crippen LogP contribution in [0, 0.1) is 0 Å². The quantitative estimate of drug-likeness (QED) is 0.795. The summed E-state index contributed by atoms with van der Waals surface area (Å²) in [6, 6.07) is 4.46. The standard InChI is InChI=1S/C12H13BrN2O3/c13-7-3-4-8(12(17)18)10(6-7)15-11(16)9-2-1-5-14-9/h3-4,6,9,14H,1-2,5H2,(H,15,16)(H,17,18)/t9-/m0/s1. The van der Waals surface area contributed by atoms with Crippen molar-refractivity contribution in [1.82, 2.24) is 5.32 Å². The number of carbonyl (C=O) groups excluding carboxylic acids is 1. The second-order valence-corrected chi connectivity index (χ2v) is 5.05. The lowest BCUT2D eigenvalue weighted by Gasteiger charge is -2.13. The van der Waals surface area contributed by atoms with Gasteiger partial charge in [-0.1, -0.05) is 15.9 Å². The van der Waals surface area contributed by atoms with Crippen molar-refractivity contribution >= 4 is 33.5 Å². The molecule has 0 unspecified atom stereocenters. The number of anilines is 1. The molecule has 1 heterocycles. The zero-order valence-electron chi connectivity index (χ0n) is 9.57. The van der Waals surface area contributed by atoms with Crippen LogP contribution in [0.3, 0.4) is 0 Å². The summed E-state index contributed by atoms with van der Waals surface area (Å²) in [6.45, 7) is 0.822. The van der Waals surface area contributed by atoms with Crippen LogP contribution in [0.15, 0.2) is 22.7 Å². The van der Waals surface area contributed by atoms with Crippen LogP contribution in [-0.2, 0) is 4.79 Å². The number of halogens is 1. The molecule has 1 fully saturated rings. The molecule has 1 aromatic rings. The summed E-state index contributed by atoms with van der Waals surface area (Å²) < 4.78 is 0.724. The smallest absolute Gasteiger partial charge is 0.337 e. The predicted octanol–water partition coefficient (Wildman–Crippen LogP) is 1.84. The Morgan fingerprint density at radius 1 is 1.44 bits per heavy atom. The van der Waals surface area contributed by atoms with Crippen LogP contribution in [-0.4, -0.2) is 29.6 Å². The maximum atomic E-state index is 11.9. The van der Waals surface area contributed by atoms with Gasteiger partial charge in [-0.2, -0.15) is 0 Å². The highest BCUT2D eigenvalue weighted by Crippen LogP contribution is 2.22. The fourth-order valence-electron chi connectivity index (χ4n) is 1.93. The molecule has 0 aromatic heterocycles. The Balaban J connectivity index is 2.19. The molecule has 0 radical (unpaired) electrons. The van der Waals surface area contributed by atoms with Gasteiger partial charge in [0.15, 0.2) is 0 Å². The highest BCUT2D eigenvalue weighted by atomic mass is 79.9. The van der Waals surface area contributed by atoms with Crippen LogP contribution < -0.4 is 10.6 Å². The molecule has 96 valence electrons. The van der Waals surface area contributed by atoms with Gasteiger partial charge in [-0.15, -0.1) is 0 Å². The number of amides is 1. The number of hydrogen-bond acceptors (Lipinski definition) is 3. The fourth-order valence-corrected chi connectivity index (χ4v) is 2.30. The fraction of sp³-hybridized carbons (Fsp3) is 0.333. The molecule has 1 aliphatic heterocycles. The summed E-state index contributed by atoms with van der Waals surface area (Å²) in [5, 5.41) is 14.8. The Morgan fingerprint density at radius 3 is 2.83 bits per heavy atom. The molecule has 1 atom stereocenters. The first-order chi connectivity index (χ1) is 8.58. The molecular formula is C12H13BrN2O3. The van der Waals surface area contributed by atoms with Crippen molar-refractivity contribution < 1.29 is 14.7 Å². The molecule has 6 heteroatoms. The van der Waals surface area contributed by atoms with Gasteiger partial charge in [0.25, 0.3) is 0 Å². The van der Waals surface area contributed by atoms with E-state index in [1.54, 1.807) is 12.1 Å². The van der Waals surface area contributed by atoms with E-state index in [0.717, 1.165) is 23.9 Å². The minimum Gasteiger partial charge on any atom is -0.478 e. The summed E-state index contributed by atoms with van der Waals surface area (Å²) in [4.78, 5) is 23.0. The number of rotatable bonds is 3. The molecule has 1 amide bonds. The zero-order valence-corrected chi connectivity index (χ0v) is 11.2. The first-order valence-corrected chi connectivity index (χ1v) is 6.44. The Kier molecular flexibility index (Phi) is 3.98. The van der Waals surface area contributed by atoms with E-state index in [9.17, 15) is 9.59 Å². The van der Waals surface area contributed by atoms with Crippen molar-refractivity contribution in [1.29, 1.82) is 0 Å². The summed E-state index contributed by atoms with van der Waals surface area (Å²) >= 11 is 3.26. The van der Waals surface area contributed by atoms with E-state index in [1.807, 2.05) is 0 Å². The number of nitrogens with one attached hydrogen (secondary N) is 2. The first-order valence-electron chi connectivity index (χ1n) is 5.65. The van der Waals surface area contributed by atoms with Crippen molar-refractivity contribution in [2.24, 2.45) is 0 Å². The van der Waals surface area contributed by atoms with Gasteiger partial charge in [0.1, 0.15) is 0 Å². The third kappa shape index (κ3) is 2.88. The molecule has 3 N–H and O–H groups in total. The van der Waals surface area contributed by atoms with E-state index >= 15 is 0 Å². The number of carboxylic acids is 1. The summed E-state index contributed by atoms with van der Waals surface area (Å²) in [6.07, 6.45) is 1.74. The lowest BCUT2D eigenvalue weighted by atomic mass is 10.1. The van der Waals surface area contributed by atoms with E-state index in [4.69, 9.17) is 5.11 Å². The predicted molar refractivity (Wildman–Crippen MR) is 70.8 cm³/mol. The van der Waals surface area contributed by atoms with Gasteiger partial charge in [0, 0.05) is 4.47 Å². The molecule has 1 aromatic carbocycles. The Labute approximate surface area is 113 Å². The Hall–Kier alpha value is -1.40. The number of hydrogen-bond donors (Lipinski definition) is 3. The van der Waals surface area contributed by atoms with Gasteiger partial charge in [0.2, 0.25) is 5.91 Å². The number of carboxylic acid groups (broad SMARTS) is 1. The minimum atomic E-state index is -1.06. The molecule has 5 nitrogen and oxygen atoms in total. The highest BCUT2D eigenvalue weighted by molar-refractivity contribution is 9.10. The van der Waals surface area contributed by atoms with Gasteiger partial charge in [0.05, 0.1) is 17.3 Å². The molecule has 18 heavy (non-hydrogen) atoms. The van der Waals surface area contributed by atoms with Crippen LogP contribution in [0.25, 0.3) is 0 Å². The molecule has 1 aliphatic rings. The van der Waals surface area contributed by atoms with E-state index in [-0.39, 0.29) is 17.5 Å². The lowest BCUT2D eigenvalue weighted by Crippen LogP contribution is -2.35. The normalized spacial score (nSPS) is 18.6. The monoisotopic (exact) mass is 312 g/mol. The second-order valence-electron chi connectivity index (χ2n) is 4.13. The van der Waals surface area contributed by atoms with Crippen molar-refractivity contribution in [3.63, 3.8) is 0 Å². The average molecular weight is 313 g/mol. The van der Waals surface area contributed by atoms with Crippen molar-refractivity contribution in [3.05, 3.63) is 28.2 Å². The molecule has 0 bridgehead atoms. The molecule has 0 spiro atoms. The summed E-state index contributed by atoms with van der Waals surface area (Å²) in [5.41, 5.74) is 0.403. The average Bonchev–Trinajstić information content (AvgIpc) is 2.81. The second kappa shape index (κ2) is 5.49.